The summed E-state index contributed by atoms with van der Waals surface area (Å²) in [5, 5.41) is 3.52. The third kappa shape index (κ3) is 3.46. The molecule has 1 heterocycles. The molecule has 1 aliphatic rings. The molecule has 0 aromatic carbocycles. The normalized spacial score (nSPS) is 23.6. The predicted molar refractivity (Wildman–Crippen MR) is 68.7 cm³/mol. The topological polar surface area (TPSA) is 47.0 Å². The number of hydrogen-bond acceptors (Lipinski definition) is 4. The summed E-state index contributed by atoms with van der Waals surface area (Å²) in [6, 6.07) is 1.76. The van der Waals surface area contributed by atoms with E-state index < -0.39 is 0 Å². The number of alkyl halides is 1. The number of hydrogen-bond donors (Lipinski definition) is 1. The van der Waals surface area contributed by atoms with Crippen molar-refractivity contribution < 1.29 is 4.74 Å². The largest absolute Gasteiger partial charge is 0.478 e. The van der Waals surface area contributed by atoms with Crippen molar-refractivity contribution in [3.63, 3.8) is 0 Å². The quantitative estimate of drug-likeness (QED) is 0.822. The van der Waals surface area contributed by atoms with E-state index in [2.05, 4.69) is 15.3 Å². The standard InChI is InChI=1S/C12H18ClN3O/c1-2-17-11-6-7-14-12(16-11)15-8-9-4-3-5-10(9)13/h6-7,9-10H,2-5,8H2,1H3,(H,14,15,16). The van der Waals surface area contributed by atoms with Crippen LogP contribution in [0.15, 0.2) is 12.3 Å². The molecule has 1 aromatic heterocycles. The van der Waals surface area contributed by atoms with E-state index in [1.165, 1.54) is 12.8 Å². The predicted octanol–water partition coefficient (Wildman–Crippen LogP) is 2.69. The Balaban J connectivity index is 1.87. The van der Waals surface area contributed by atoms with Crippen molar-refractivity contribution in [1.29, 1.82) is 0 Å². The number of nitrogens with zero attached hydrogens (tertiary/aromatic N) is 2. The van der Waals surface area contributed by atoms with Crippen molar-refractivity contribution in [2.75, 3.05) is 18.5 Å². The van der Waals surface area contributed by atoms with Crippen LogP contribution in [0.2, 0.25) is 0 Å². The van der Waals surface area contributed by atoms with Crippen LogP contribution in [-0.2, 0) is 0 Å². The van der Waals surface area contributed by atoms with E-state index in [-0.39, 0.29) is 5.38 Å². The van der Waals surface area contributed by atoms with E-state index in [0.717, 1.165) is 13.0 Å². The molecule has 94 valence electrons. The van der Waals surface area contributed by atoms with Gasteiger partial charge >= 0.3 is 0 Å². The Kier molecular flexibility index (Phi) is 4.42. The first-order valence-electron chi connectivity index (χ1n) is 6.13. The molecule has 2 atom stereocenters. The van der Waals surface area contributed by atoms with Crippen LogP contribution in [0.5, 0.6) is 5.88 Å². The van der Waals surface area contributed by atoms with Crippen molar-refractivity contribution in [1.82, 2.24) is 9.97 Å². The van der Waals surface area contributed by atoms with Gasteiger partial charge in [0.05, 0.1) is 6.61 Å². The van der Waals surface area contributed by atoms with Gasteiger partial charge in [0.1, 0.15) is 0 Å². The summed E-state index contributed by atoms with van der Waals surface area (Å²) >= 11 is 6.22. The van der Waals surface area contributed by atoms with Crippen molar-refractivity contribution >= 4 is 17.5 Å². The summed E-state index contributed by atoms with van der Waals surface area (Å²) in [5.41, 5.74) is 0. The van der Waals surface area contributed by atoms with E-state index in [0.29, 0.717) is 24.4 Å². The van der Waals surface area contributed by atoms with Gasteiger partial charge in [-0.25, -0.2) is 4.98 Å². The van der Waals surface area contributed by atoms with E-state index >= 15 is 0 Å². The second-order valence-corrected chi connectivity index (χ2v) is 4.80. The average Bonchev–Trinajstić information content (AvgIpc) is 2.73. The molecule has 2 unspecified atom stereocenters. The Morgan fingerprint density at radius 3 is 3.12 bits per heavy atom. The SMILES string of the molecule is CCOc1ccnc(NCC2CCCC2Cl)n1. The Bertz CT molecular complexity index is 361. The first kappa shape index (κ1) is 12.4. The van der Waals surface area contributed by atoms with Crippen molar-refractivity contribution in [2.24, 2.45) is 5.92 Å². The molecule has 0 saturated heterocycles. The van der Waals surface area contributed by atoms with Gasteiger partial charge in [0.15, 0.2) is 0 Å². The highest BCUT2D eigenvalue weighted by molar-refractivity contribution is 6.20. The maximum Gasteiger partial charge on any atom is 0.225 e. The van der Waals surface area contributed by atoms with Gasteiger partial charge in [-0.3, -0.25) is 0 Å². The van der Waals surface area contributed by atoms with E-state index in [1.54, 1.807) is 12.3 Å². The fourth-order valence-corrected chi connectivity index (χ4v) is 2.47. The Morgan fingerprint density at radius 1 is 1.53 bits per heavy atom. The molecule has 0 amide bonds. The minimum absolute atomic E-state index is 0.289. The molecule has 1 saturated carbocycles. The molecular weight excluding hydrogens is 238 g/mol. The zero-order valence-corrected chi connectivity index (χ0v) is 10.8. The molecule has 1 aliphatic carbocycles. The highest BCUT2D eigenvalue weighted by Gasteiger charge is 2.24. The minimum Gasteiger partial charge on any atom is -0.478 e. The van der Waals surface area contributed by atoms with Crippen LogP contribution in [0.3, 0.4) is 0 Å². The van der Waals surface area contributed by atoms with E-state index in [9.17, 15) is 0 Å². The Labute approximate surface area is 107 Å². The van der Waals surface area contributed by atoms with Crippen LogP contribution in [0.4, 0.5) is 5.95 Å². The van der Waals surface area contributed by atoms with Gasteiger partial charge in [-0.05, 0) is 25.7 Å². The molecule has 0 aliphatic heterocycles. The maximum absolute atomic E-state index is 6.22. The summed E-state index contributed by atoms with van der Waals surface area (Å²) in [7, 11) is 0. The van der Waals surface area contributed by atoms with Gasteiger partial charge in [-0.2, -0.15) is 4.98 Å². The molecule has 0 radical (unpaired) electrons. The van der Waals surface area contributed by atoms with Gasteiger partial charge in [0.2, 0.25) is 11.8 Å². The Hall–Kier alpha value is -1.03. The highest BCUT2D eigenvalue weighted by atomic mass is 35.5. The van der Waals surface area contributed by atoms with Crippen molar-refractivity contribution in [3.8, 4) is 5.88 Å². The lowest BCUT2D eigenvalue weighted by atomic mass is 10.1. The number of ether oxygens (including phenoxy) is 1. The molecule has 4 nitrogen and oxygen atoms in total. The molecule has 1 N–H and O–H groups in total. The number of nitrogens with one attached hydrogen (secondary N) is 1. The van der Waals surface area contributed by atoms with Gasteiger partial charge in [-0.15, -0.1) is 11.6 Å². The smallest absolute Gasteiger partial charge is 0.225 e. The number of halogens is 1. The third-order valence-electron chi connectivity index (χ3n) is 3.01. The zero-order chi connectivity index (χ0) is 12.1. The molecule has 0 bridgehead atoms. The van der Waals surface area contributed by atoms with Crippen LogP contribution in [0.1, 0.15) is 26.2 Å². The first-order valence-corrected chi connectivity index (χ1v) is 6.57. The maximum atomic E-state index is 6.22. The molecule has 2 rings (SSSR count). The van der Waals surface area contributed by atoms with E-state index in [4.69, 9.17) is 16.3 Å². The first-order chi connectivity index (χ1) is 8.29. The van der Waals surface area contributed by atoms with Gasteiger partial charge < -0.3 is 10.1 Å². The van der Waals surface area contributed by atoms with Crippen LogP contribution >= 0.6 is 11.6 Å². The zero-order valence-electron chi connectivity index (χ0n) is 10.0. The fourth-order valence-electron chi connectivity index (χ4n) is 2.10. The van der Waals surface area contributed by atoms with Gasteiger partial charge in [0, 0.05) is 24.2 Å². The summed E-state index contributed by atoms with van der Waals surface area (Å²) in [5.74, 6) is 1.75. The summed E-state index contributed by atoms with van der Waals surface area (Å²) in [4.78, 5) is 8.42. The van der Waals surface area contributed by atoms with Crippen LogP contribution in [-0.4, -0.2) is 28.5 Å². The lowest BCUT2D eigenvalue weighted by molar-refractivity contribution is 0.326. The van der Waals surface area contributed by atoms with Gasteiger partial charge in [0.25, 0.3) is 0 Å². The van der Waals surface area contributed by atoms with Gasteiger partial charge in [-0.1, -0.05) is 6.42 Å². The average molecular weight is 256 g/mol. The van der Waals surface area contributed by atoms with Crippen molar-refractivity contribution in [3.05, 3.63) is 12.3 Å². The Morgan fingerprint density at radius 2 is 2.41 bits per heavy atom. The van der Waals surface area contributed by atoms with Crippen LogP contribution in [0.25, 0.3) is 0 Å². The summed E-state index contributed by atoms with van der Waals surface area (Å²) < 4.78 is 5.32. The minimum atomic E-state index is 0.289. The molecule has 0 spiro atoms. The molecule has 17 heavy (non-hydrogen) atoms. The number of rotatable bonds is 5. The van der Waals surface area contributed by atoms with Crippen LogP contribution in [0, 0.1) is 5.92 Å². The molecular formula is C12H18ClN3O. The monoisotopic (exact) mass is 255 g/mol. The lowest BCUT2D eigenvalue weighted by Crippen LogP contribution is -2.19. The number of anilines is 1. The fraction of sp³-hybridized carbons (Fsp3) is 0.667. The molecule has 1 aromatic rings. The second-order valence-electron chi connectivity index (χ2n) is 4.24. The molecule has 5 heteroatoms. The van der Waals surface area contributed by atoms with E-state index in [1.807, 2.05) is 6.92 Å². The highest BCUT2D eigenvalue weighted by Crippen LogP contribution is 2.30. The van der Waals surface area contributed by atoms with Crippen LogP contribution < -0.4 is 10.1 Å². The van der Waals surface area contributed by atoms with Crippen molar-refractivity contribution in [2.45, 2.75) is 31.6 Å². The second kappa shape index (κ2) is 6.05. The summed E-state index contributed by atoms with van der Waals surface area (Å²) in [6.45, 7) is 3.39. The third-order valence-corrected chi connectivity index (χ3v) is 3.59. The molecule has 1 fully saturated rings. The number of aromatic nitrogens is 2. The lowest BCUT2D eigenvalue weighted by Gasteiger charge is -2.14. The summed E-state index contributed by atoms with van der Waals surface area (Å²) in [6.07, 6.45) is 5.23.